The first-order valence-electron chi connectivity index (χ1n) is 4.75. The van der Waals surface area contributed by atoms with Gasteiger partial charge in [0.1, 0.15) is 0 Å². The summed E-state index contributed by atoms with van der Waals surface area (Å²) in [5.74, 6) is -3.34. The van der Waals surface area contributed by atoms with Crippen LogP contribution in [0.25, 0.3) is 0 Å². The summed E-state index contributed by atoms with van der Waals surface area (Å²) < 4.78 is 24.6. The standard InChI is InChI=1S/C9H7F2N5OS/c10-9(11)18-6-4-2-1-3-5(6)12-8(17)7-13-15-16-14-7/h1-4,9H,(H,12,17)(H,13,14,15,16). The molecule has 6 nitrogen and oxygen atoms in total. The second-order valence-corrected chi connectivity index (χ2v) is 4.10. The van der Waals surface area contributed by atoms with E-state index in [0.717, 1.165) is 0 Å². The topological polar surface area (TPSA) is 83.6 Å². The molecule has 1 aromatic heterocycles. The van der Waals surface area contributed by atoms with Crippen LogP contribution in [-0.4, -0.2) is 32.3 Å². The van der Waals surface area contributed by atoms with Gasteiger partial charge in [0, 0.05) is 4.90 Å². The van der Waals surface area contributed by atoms with Crippen LogP contribution in [0.1, 0.15) is 10.6 Å². The Morgan fingerprint density at radius 3 is 2.83 bits per heavy atom. The number of amides is 1. The van der Waals surface area contributed by atoms with Crippen molar-refractivity contribution in [2.75, 3.05) is 5.32 Å². The van der Waals surface area contributed by atoms with Crippen molar-refractivity contribution in [1.29, 1.82) is 0 Å². The molecule has 2 N–H and O–H groups in total. The number of para-hydroxylation sites is 1. The van der Waals surface area contributed by atoms with Crippen LogP contribution in [-0.2, 0) is 0 Å². The Labute approximate surface area is 104 Å². The zero-order valence-electron chi connectivity index (χ0n) is 8.80. The molecule has 0 unspecified atom stereocenters. The number of carbonyl (C=O) groups is 1. The number of thioether (sulfide) groups is 1. The maximum absolute atomic E-state index is 12.3. The van der Waals surface area contributed by atoms with Crippen LogP contribution < -0.4 is 5.32 Å². The molecule has 0 fully saturated rings. The molecule has 0 radical (unpaired) electrons. The minimum atomic E-state index is -2.56. The number of nitrogens with one attached hydrogen (secondary N) is 2. The summed E-state index contributed by atoms with van der Waals surface area (Å²) in [6.07, 6.45) is 0. The molecule has 18 heavy (non-hydrogen) atoms. The summed E-state index contributed by atoms with van der Waals surface area (Å²) in [7, 11) is 0. The van der Waals surface area contributed by atoms with E-state index in [9.17, 15) is 13.6 Å². The maximum Gasteiger partial charge on any atom is 0.297 e. The molecule has 94 valence electrons. The Kier molecular flexibility index (Phi) is 3.82. The minimum Gasteiger partial charge on any atom is -0.318 e. The Hall–Kier alpha value is -2.03. The first-order chi connectivity index (χ1) is 8.66. The van der Waals surface area contributed by atoms with E-state index in [2.05, 4.69) is 25.9 Å². The lowest BCUT2D eigenvalue weighted by Gasteiger charge is -2.08. The molecule has 1 amide bonds. The van der Waals surface area contributed by atoms with Gasteiger partial charge in [-0.15, -0.1) is 10.2 Å². The highest BCUT2D eigenvalue weighted by Gasteiger charge is 2.15. The lowest BCUT2D eigenvalue weighted by molar-refractivity contribution is 0.101. The van der Waals surface area contributed by atoms with Crippen molar-refractivity contribution in [3.05, 3.63) is 30.1 Å². The van der Waals surface area contributed by atoms with Crippen LogP contribution >= 0.6 is 11.8 Å². The van der Waals surface area contributed by atoms with Crippen LogP contribution in [0, 0.1) is 0 Å². The average molecular weight is 271 g/mol. The van der Waals surface area contributed by atoms with E-state index in [1.165, 1.54) is 12.1 Å². The second-order valence-electron chi connectivity index (χ2n) is 3.06. The quantitative estimate of drug-likeness (QED) is 0.828. The molecule has 1 heterocycles. The Morgan fingerprint density at radius 1 is 1.39 bits per heavy atom. The fourth-order valence-electron chi connectivity index (χ4n) is 1.20. The maximum atomic E-state index is 12.3. The molecule has 0 saturated heterocycles. The van der Waals surface area contributed by atoms with Gasteiger partial charge in [0.2, 0.25) is 0 Å². The fourth-order valence-corrected chi connectivity index (χ4v) is 1.80. The van der Waals surface area contributed by atoms with E-state index < -0.39 is 11.7 Å². The molecular weight excluding hydrogens is 264 g/mol. The van der Waals surface area contributed by atoms with Crippen LogP contribution in [0.3, 0.4) is 0 Å². The van der Waals surface area contributed by atoms with Gasteiger partial charge in [-0.25, -0.2) is 0 Å². The van der Waals surface area contributed by atoms with Gasteiger partial charge < -0.3 is 5.32 Å². The van der Waals surface area contributed by atoms with E-state index in [0.29, 0.717) is 11.8 Å². The van der Waals surface area contributed by atoms with E-state index in [1.54, 1.807) is 12.1 Å². The second kappa shape index (κ2) is 5.54. The molecule has 2 rings (SSSR count). The number of hydrogen-bond donors (Lipinski definition) is 2. The highest BCUT2D eigenvalue weighted by Crippen LogP contribution is 2.31. The lowest BCUT2D eigenvalue weighted by Crippen LogP contribution is -2.14. The molecule has 0 aliphatic rings. The molecule has 0 aliphatic carbocycles. The van der Waals surface area contributed by atoms with Crippen LogP contribution in [0.5, 0.6) is 0 Å². The third kappa shape index (κ3) is 3.00. The summed E-state index contributed by atoms with van der Waals surface area (Å²) >= 11 is 0.352. The molecule has 9 heteroatoms. The highest BCUT2D eigenvalue weighted by atomic mass is 32.2. The number of benzene rings is 1. The number of anilines is 1. The number of halogens is 2. The molecule has 0 saturated carbocycles. The minimum absolute atomic E-state index is 0.160. The Bertz CT molecular complexity index is 534. The summed E-state index contributed by atoms with van der Waals surface area (Å²) in [4.78, 5) is 11.9. The molecular formula is C9H7F2N5OS. The van der Waals surface area contributed by atoms with Gasteiger partial charge in [-0.3, -0.25) is 4.79 Å². The van der Waals surface area contributed by atoms with Crippen molar-refractivity contribution in [3.8, 4) is 0 Å². The predicted molar refractivity (Wildman–Crippen MR) is 60.4 cm³/mol. The predicted octanol–water partition coefficient (Wildman–Crippen LogP) is 1.77. The van der Waals surface area contributed by atoms with Crippen molar-refractivity contribution in [2.45, 2.75) is 10.7 Å². The first kappa shape index (κ1) is 12.4. The SMILES string of the molecule is O=C(Nc1ccccc1SC(F)F)c1nn[nH]n1. The van der Waals surface area contributed by atoms with Gasteiger partial charge in [0.15, 0.2) is 0 Å². The molecule has 0 aliphatic heterocycles. The number of aromatic nitrogens is 4. The number of hydrogen-bond acceptors (Lipinski definition) is 5. The zero-order valence-corrected chi connectivity index (χ0v) is 9.62. The summed E-state index contributed by atoms with van der Waals surface area (Å²) in [5, 5.41) is 14.8. The number of nitrogens with zero attached hydrogens (tertiary/aromatic N) is 3. The van der Waals surface area contributed by atoms with Crippen molar-refractivity contribution in [1.82, 2.24) is 20.6 Å². The number of aromatic amines is 1. The van der Waals surface area contributed by atoms with Gasteiger partial charge in [0.05, 0.1) is 5.69 Å². The van der Waals surface area contributed by atoms with Crippen molar-refractivity contribution < 1.29 is 13.6 Å². The Morgan fingerprint density at radius 2 is 2.17 bits per heavy atom. The molecule has 0 spiro atoms. The van der Waals surface area contributed by atoms with E-state index in [1.807, 2.05) is 0 Å². The van der Waals surface area contributed by atoms with E-state index in [4.69, 9.17) is 0 Å². The van der Waals surface area contributed by atoms with Crippen molar-refractivity contribution in [2.24, 2.45) is 0 Å². The number of H-pyrrole nitrogens is 1. The fraction of sp³-hybridized carbons (Fsp3) is 0.111. The lowest BCUT2D eigenvalue weighted by atomic mass is 10.3. The normalized spacial score (nSPS) is 10.6. The van der Waals surface area contributed by atoms with E-state index >= 15 is 0 Å². The zero-order chi connectivity index (χ0) is 13.0. The van der Waals surface area contributed by atoms with E-state index in [-0.39, 0.29) is 16.4 Å². The average Bonchev–Trinajstić information content (AvgIpc) is 2.84. The Balaban J connectivity index is 2.16. The monoisotopic (exact) mass is 271 g/mol. The number of alkyl halides is 2. The number of carbonyl (C=O) groups excluding carboxylic acids is 1. The molecule has 0 atom stereocenters. The van der Waals surface area contributed by atoms with Gasteiger partial charge in [-0.1, -0.05) is 23.9 Å². The van der Waals surface area contributed by atoms with Crippen LogP contribution in [0.2, 0.25) is 0 Å². The largest absolute Gasteiger partial charge is 0.318 e. The molecule has 0 bridgehead atoms. The highest BCUT2D eigenvalue weighted by molar-refractivity contribution is 7.99. The van der Waals surface area contributed by atoms with Gasteiger partial charge in [-0.05, 0) is 17.3 Å². The summed E-state index contributed by atoms with van der Waals surface area (Å²) in [6, 6.07) is 6.24. The smallest absolute Gasteiger partial charge is 0.297 e. The third-order valence-electron chi connectivity index (χ3n) is 1.90. The van der Waals surface area contributed by atoms with Crippen LogP contribution in [0.15, 0.2) is 29.2 Å². The number of tetrazole rings is 1. The summed E-state index contributed by atoms with van der Waals surface area (Å²) in [5.41, 5.74) is 0.276. The molecule has 1 aromatic carbocycles. The van der Waals surface area contributed by atoms with Gasteiger partial charge >= 0.3 is 0 Å². The third-order valence-corrected chi connectivity index (χ3v) is 2.69. The molecule has 2 aromatic rings. The first-order valence-corrected chi connectivity index (χ1v) is 5.63. The van der Waals surface area contributed by atoms with Gasteiger partial charge in [0.25, 0.3) is 17.5 Å². The van der Waals surface area contributed by atoms with Crippen molar-refractivity contribution in [3.63, 3.8) is 0 Å². The summed E-state index contributed by atoms with van der Waals surface area (Å²) in [6.45, 7) is 0. The van der Waals surface area contributed by atoms with Crippen LogP contribution in [0.4, 0.5) is 14.5 Å². The van der Waals surface area contributed by atoms with Crippen molar-refractivity contribution >= 4 is 23.4 Å². The van der Waals surface area contributed by atoms with Gasteiger partial charge in [-0.2, -0.15) is 14.0 Å². The number of rotatable bonds is 4.